The van der Waals surface area contributed by atoms with Gasteiger partial charge in [0.05, 0.1) is 32.0 Å². The van der Waals surface area contributed by atoms with Gasteiger partial charge >= 0.3 is 0 Å². The standard InChI is InChI=1S/C15H22N2O2/c1-16-8-13-9-17(6-7-19-13)15-11-18-10-12-4-2-3-5-14(12)15/h2-5,13,15-16H,6-11H2,1H3. The zero-order valence-corrected chi connectivity index (χ0v) is 11.5. The molecule has 2 heterocycles. The molecule has 1 fully saturated rings. The quantitative estimate of drug-likeness (QED) is 0.887. The lowest BCUT2D eigenvalue weighted by Crippen LogP contribution is -2.49. The van der Waals surface area contributed by atoms with Crippen molar-refractivity contribution < 1.29 is 9.47 Å². The van der Waals surface area contributed by atoms with E-state index in [1.54, 1.807) is 0 Å². The molecule has 4 nitrogen and oxygen atoms in total. The zero-order valence-electron chi connectivity index (χ0n) is 11.5. The summed E-state index contributed by atoms with van der Waals surface area (Å²) in [6, 6.07) is 9.02. The molecule has 0 amide bonds. The first kappa shape index (κ1) is 13.1. The smallest absolute Gasteiger partial charge is 0.0826 e. The van der Waals surface area contributed by atoms with Crippen LogP contribution in [-0.2, 0) is 16.1 Å². The predicted octanol–water partition coefficient (Wildman–Crippen LogP) is 1.18. The lowest BCUT2D eigenvalue weighted by Gasteiger charge is -2.40. The minimum Gasteiger partial charge on any atom is -0.375 e. The van der Waals surface area contributed by atoms with Gasteiger partial charge in [-0.2, -0.15) is 0 Å². The molecule has 2 atom stereocenters. The summed E-state index contributed by atoms with van der Waals surface area (Å²) in [5, 5.41) is 3.20. The number of benzene rings is 1. The van der Waals surface area contributed by atoms with Crippen LogP contribution in [0.25, 0.3) is 0 Å². The van der Waals surface area contributed by atoms with Crippen LogP contribution in [0, 0.1) is 0 Å². The minimum absolute atomic E-state index is 0.285. The maximum atomic E-state index is 5.78. The summed E-state index contributed by atoms with van der Waals surface area (Å²) in [6.45, 7) is 5.22. The number of hydrogen-bond donors (Lipinski definition) is 1. The topological polar surface area (TPSA) is 33.7 Å². The number of likely N-dealkylation sites (N-methyl/N-ethyl adjacent to an activating group) is 1. The molecule has 0 aromatic heterocycles. The van der Waals surface area contributed by atoms with E-state index < -0.39 is 0 Å². The molecule has 104 valence electrons. The molecule has 3 rings (SSSR count). The maximum absolute atomic E-state index is 5.78. The highest BCUT2D eigenvalue weighted by Crippen LogP contribution is 2.30. The highest BCUT2D eigenvalue weighted by molar-refractivity contribution is 5.31. The van der Waals surface area contributed by atoms with Crippen LogP contribution in [0.3, 0.4) is 0 Å². The van der Waals surface area contributed by atoms with E-state index in [4.69, 9.17) is 9.47 Å². The average Bonchev–Trinajstić information content (AvgIpc) is 2.47. The van der Waals surface area contributed by atoms with Gasteiger partial charge in [0.1, 0.15) is 0 Å². The molecule has 1 saturated heterocycles. The van der Waals surface area contributed by atoms with E-state index >= 15 is 0 Å². The van der Waals surface area contributed by atoms with Gasteiger partial charge in [0.25, 0.3) is 0 Å². The first-order chi connectivity index (χ1) is 9.38. The molecule has 1 aromatic rings. The Kier molecular flexibility index (Phi) is 4.13. The van der Waals surface area contributed by atoms with Crippen LogP contribution in [0.15, 0.2) is 24.3 Å². The van der Waals surface area contributed by atoms with Crippen LogP contribution in [-0.4, -0.2) is 50.9 Å². The van der Waals surface area contributed by atoms with Crippen molar-refractivity contribution in [3.8, 4) is 0 Å². The van der Waals surface area contributed by atoms with Gasteiger partial charge in [-0.05, 0) is 18.2 Å². The first-order valence-corrected chi connectivity index (χ1v) is 7.04. The summed E-state index contributed by atoms with van der Waals surface area (Å²) in [5.74, 6) is 0. The van der Waals surface area contributed by atoms with E-state index in [2.05, 4.69) is 34.5 Å². The summed E-state index contributed by atoms with van der Waals surface area (Å²) < 4.78 is 11.5. The highest BCUT2D eigenvalue weighted by Gasteiger charge is 2.30. The number of nitrogens with zero attached hydrogens (tertiary/aromatic N) is 1. The van der Waals surface area contributed by atoms with Crippen molar-refractivity contribution in [1.29, 1.82) is 0 Å². The lowest BCUT2D eigenvalue weighted by molar-refractivity contribution is -0.0624. The molecule has 2 unspecified atom stereocenters. The van der Waals surface area contributed by atoms with Crippen LogP contribution < -0.4 is 5.32 Å². The molecule has 0 aliphatic carbocycles. The third kappa shape index (κ3) is 2.82. The fourth-order valence-corrected chi connectivity index (χ4v) is 3.04. The van der Waals surface area contributed by atoms with Gasteiger partial charge in [-0.15, -0.1) is 0 Å². The average molecular weight is 262 g/mol. The van der Waals surface area contributed by atoms with Gasteiger partial charge in [0.15, 0.2) is 0 Å². The Bertz CT molecular complexity index is 422. The van der Waals surface area contributed by atoms with Crippen LogP contribution >= 0.6 is 0 Å². The SMILES string of the molecule is CNCC1CN(C2COCc3ccccc32)CCO1. The largest absolute Gasteiger partial charge is 0.375 e. The number of morpholine rings is 1. The number of hydrogen-bond acceptors (Lipinski definition) is 4. The Hall–Kier alpha value is -0.940. The number of ether oxygens (including phenoxy) is 2. The normalized spacial score (nSPS) is 28.1. The molecule has 4 heteroatoms. The summed E-state index contributed by atoms with van der Waals surface area (Å²) in [6.07, 6.45) is 0.285. The van der Waals surface area contributed by atoms with Crippen LogP contribution in [0.2, 0.25) is 0 Å². The Morgan fingerprint density at radius 2 is 2.26 bits per heavy atom. The molecule has 0 radical (unpaired) electrons. The summed E-state index contributed by atoms with van der Waals surface area (Å²) >= 11 is 0. The van der Waals surface area contributed by atoms with Crippen molar-refractivity contribution >= 4 is 0 Å². The van der Waals surface area contributed by atoms with E-state index in [0.717, 1.165) is 39.5 Å². The van der Waals surface area contributed by atoms with Crippen LogP contribution in [0.1, 0.15) is 17.2 Å². The second kappa shape index (κ2) is 6.01. The minimum atomic E-state index is 0.285. The molecule has 1 aromatic carbocycles. The molecule has 0 spiro atoms. The first-order valence-electron chi connectivity index (χ1n) is 7.04. The van der Waals surface area contributed by atoms with Gasteiger partial charge in [0, 0.05) is 19.6 Å². The fourth-order valence-electron chi connectivity index (χ4n) is 3.04. The molecule has 0 saturated carbocycles. The third-order valence-corrected chi connectivity index (χ3v) is 3.99. The molecule has 19 heavy (non-hydrogen) atoms. The zero-order chi connectivity index (χ0) is 13.1. The number of rotatable bonds is 3. The van der Waals surface area contributed by atoms with Crippen molar-refractivity contribution in [1.82, 2.24) is 10.2 Å². The highest BCUT2D eigenvalue weighted by atomic mass is 16.5. The van der Waals surface area contributed by atoms with E-state index in [0.29, 0.717) is 6.04 Å². The van der Waals surface area contributed by atoms with Crippen LogP contribution in [0.4, 0.5) is 0 Å². The van der Waals surface area contributed by atoms with Gasteiger partial charge in [-0.3, -0.25) is 4.90 Å². The summed E-state index contributed by atoms with van der Waals surface area (Å²) in [4.78, 5) is 2.50. The van der Waals surface area contributed by atoms with Crippen molar-refractivity contribution in [3.05, 3.63) is 35.4 Å². The van der Waals surface area contributed by atoms with E-state index in [1.807, 2.05) is 7.05 Å². The van der Waals surface area contributed by atoms with E-state index in [1.165, 1.54) is 11.1 Å². The monoisotopic (exact) mass is 262 g/mol. The number of nitrogens with one attached hydrogen (secondary N) is 1. The molecule has 1 N–H and O–H groups in total. The van der Waals surface area contributed by atoms with Crippen molar-refractivity contribution in [2.24, 2.45) is 0 Å². The molecule has 0 bridgehead atoms. The third-order valence-electron chi connectivity index (χ3n) is 3.99. The molecule has 2 aliphatic rings. The maximum Gasteiger partial charge on any atom is 0.0826 e. The van der Waals surface area contributed by atoms with Crippen molar-refractivity contribution in [2.75, 3.05) is 39.9 Å². The Balaban J connectivity index is 1.75. The second-order valence-corrected chi connectivity index (χ2v) is 5.28. The van der Waals surface area contributed by atoms with Gasteiger partial charge in [-0.25, -0.2) is 0 Å². The van der Waals surface area contributed by atoms with Crippen LogP contribution in [0.5, 0.6) is 0 Å². The summed E-state index contributed by atoms with van der Waals surface area (Å²) in [5.41, 5.74) is 2.76. The molecule has 2 aliphatic heterocycles. The van der Waals surface area contributed by atoms with Gasteiger partial charge in [0.2, 0.25) is 0 Å². The van der Waals surface area contributed by atoms with Crippen molar-refractivity contribution in [2.45, 2.75) is 18.8 Å². The molecular weight excluding hydrogens is 240 g/mol. The Morgan fingerprint density at radius 1 is 1.37 bits per heavy atom. The van der Waals surface area contributed by atoms with Crippen molar-refractivity contribution in [3.63, 3.8) is 0 Å². The van der Waals surface area contributed by atoms with E-state index in [-0.39, 0.29) is 6.10 Å². The summed E-state index contributed by atoms with van der Waals surface area (Å²) in [7, 11) is 1.97. The van der Waals surface area contributed by atoms with E-state index in [9.17, 15) is 0 Å². The Morgan fingerprint density at radius 3 is 3.16 bits per heavy atom. The number of fused-ring (bicyclic) bond motifs is 1. The fraction of sp³-hybridized carbons (Fsp3) is 0.600. The second-order valence-electron chi connectivity index (χ2n) is 5.28. The molecular formula is C15H22N2O2. The van der Waals surface area contributed by atoms with Gasteiger partial charge < -0.3 is 14.8 Å². The van der Waals surface area contributed by atoms with Gasteiger partial charge in [-0.1, -0.05) is 24.3 Å². The predicted molar refractivity (Wildman–Crippen MR) is 74.1 cm³/mol. The lowest BCUT2D eigenvalue weighted by atomic mass is 9.97. The Labute approximate surface area is 114 Å².